The lowest BCUT2D eigenvalue weighted by Crippen LogP contribution is -2.34. The first-order valence-electron chi connectivity index (χ1n) is 7.07. The molecule has 0 bridgehead atoms. The molecule has 1 saturated carbocycles. The number of amides is 1. The van der Waals surface area contributed by atoms with Crippen molar-refractivity contribution in [3.8, 4) is 0 Å². The number of rotatable bonds is 4. The zero-order chi connectivity index (χ0) is 12.8. The molecule has 1 aliphatic carbocycles. The number of nitrogens with one attached hydrogen (secondary N) is 1. The molecule has 0 aromatic heterocycles. The second-order valence-electron chi connectivity index (χ2n) is 5.48. The van der Waals surface area contributed by atoms with Crippen LogP contribution in [-0.2, 0) is 11.2 Å². The zero-order valence-corrected chi connectivity index (χ0v) is 11.2. The fourth-order valence-electron chi connectivity index (χ4n) is 2.64. The Kier molecular flexibility index (Phi) is 4.80. The highest BCUT2D eigenvalue weighted by Gasteiger charge is 2.23. The summed E-state index contributed by atoms with van der Waals surface area (Å²) in [6, 6.07) is 10.3. The molecule has 0 unspecified atom stereocenters. The molecule has 2 nitrogen and oxygen atoms in total. The number of hydrogen-bond donors (Lipinski definition) is 1. The summed E-state index contributed by atoms with van der Waals surface area (Å²) in [6.07, 6.45) is 5.47. The maximum Gasteiger partial charge on any atom is 0.223 e. The molecule has 0 radical (unpaired) electrons. The van der Waals surface area contributed by atoms with Crippen LogP contribution in [0.4, 0.5) is 0 Å². The lowest BCUT2D eigenvalue weighted by atomic mass is 9.82. The van der Waals surface area contributed by atoms with E-state index in [0.717, 1.165) is 31.7 Å². The standard InChI is InChI=1S/C16H23NO/c1-13-7-9-15(10-8-13)16(18)17-12-11-14-5-3-2-4-6-14/h2-6,13,15H,7-12H2,1H3,(H,17,18). The maximum atomic E-state index is 12.0. The number of carbonyl (C=O) groups excluding carboxylic acids is 1. The van der Waals surface area contributed by atoms with E-state index in [-0.39, 0.29) is 11.8 Å². The SMILES string of the molecule is CC1CCC(C(=O)NCCc2ccccc2)CC1. The highest BCUT2D eigenvalue weighted by molar-refractivity contribution is 5.78. The van der Waals surface area contributed by atoms with Gasteiger partial charge in [0.2, 0.25) is 5.91 Å². The number of benzene rings is 1. The third-order valence-electron chi connectivity index (χ3n) is 3.94. The van der Waals surface area contributed by atoms with Gasteiger partial charge in [-0.3, -0.25) is 4.79 Å². The quantitative estimate of drug-likeness (QED) is 0.867. The Bertz CT molecular complexity index is 366. The smallest absolute Gasteiger partial charge is 0.223 e. The van der Waals surface area contributed by atoms with E-state index in [1.807, 2.05) is 18.2 Å². The molecule has 0 spiro atoms. The molecule has 18 heavy (non-hydrogen) atoms. The molecule has 1 amide bonds. The van der Waals surface area contributed by atoms with Crippen LogP contribution in [0, 0.1) is 11.8 Å². The minimum absolute atomic E-state index is 0.261. The third-order valence-corrected chi connectivity index (χ3v) is 3.94. The summed E-state index contributed by atoms with van der Waals surface area (Å²) in [4.78, 5) is 12.0. The lowest BCUT2D eigenvalue weighted by molar-refractivity contribution is -0.126. The summed E-state index contributed by atoms with van der Waals surface area (Å²) < 4.78 is 0. The summed E-state index contributed by atoms with van der Waals surface area (Å²) in [7, 11) is 0. The normalized spacial score (nSPS) is 23.6. The predicted molar refractivity (Wildman–Crippen MR) is 74.3 cm³/mol. The average Bonchev–Trinajstić information content (AvgIpc) is 2.40. The van der Waals surface area contributed by atoms with Crippen molar-refractivity contribution in [2.45, 2.75) is 39.0 Å². The first-order chi connectivity index (χ1) is 8.75. The summed E-state index contributed by atoms with van der Waals surface area (Å²) in [5.74, 6) is 1.33. The minimum Gasteiger partial charge on any atom is -0.356 e. The van der Waals surface area contributed by atoms with Gasteiger partial charge in [-0.05, 0) is 43.6 Å². The average molecular weight is 245 g/mol. The molecule has 1 aromatic carbocycles. The fourth-order valence-corrected chi connectivity index (χ4v) is 2.64. The molecular weight excluding hydrogens is 222 g/mol. The molecule has 0 atom stereocenters. The number of hydrogen-bond acceptors (Lipinski definition) is 1. The van der Waals surface area contributed by atoms with Crippen molar-refractivity contribution in [3.63, 3.8) is 0 Å². The van der Waals surface area contributed by atoms with Gasteiger partial charge in [-0.15, -0.1) is 0 Å². The largest absolute Gasteiger partial charge is 0.356 e. The first-order valence-corrected chi connectivity index (χ1v) is 7.07. The molecule has 1 fully saturated rings. The van der Waals surface area contributed by atoms with Crippen LogP contribution >= 0.6 is 0 Å². The summed E-state index contributed by atoms with van der Waals surface area (Å²) >= 11 is 0. The van der Waals surface area contributed by atoms with E-state index in [0.29, 0.717) is 0 Å². The predicted octanol–water partition coefficient (Wildman–Crippen LogP) is 3.17. The second kappa shape index (κ2) is 6.58. The molecule has 0 aliphatic heterocycles. The van der Waals surface area contributed by atoms with Crippen LogP contribution < -0.4 is 5.32 Å². The van der Waals surface area contributed by atoms with Gasteiger partial charge in [0.1, 0.15) is 0 Å². The topological polar surface area (TPSA) is 29.1 Å². The number of carbonyl (C=O) groups is 1. The van der Waals surface area contributed by atoms with E-state index >= 15 is 0 Å². The van der Waals surface area contributed by atoms with Crippen molar-refractivity contribution in [1.29, 1.82) is 0 Å². The molecule has 0 saturated heterocycles. The Morgan fingerprint density at radius 1 is 1.17 bits per heavy atom. The van der Waals surface area contributed by atoms with E-state index in [2.05, 4.69) is 24.4 Å². The van der Waals surface area contributed by atoms with Crippen molar-refractivity contribution < 1.29 is 4.79 Å². The fraction of sp³-hybridized carbons (Fsp3) is 0.562. The molecule has 98 valence electrons. The van der Waals surface area contributed by atoms with E-state index in [1.165, 1.54) is 18.4 Å². The van der Waals surface area contributed by atoms with Gasteiger partial charge in [0.15, 0.2) is 0 Å². The van der Waals surface area contributed by atoms with E-state index in [1.54, 1.807) is 0 Å². The van der Waals surface area contributed by atoms with Crippen LogP contribution in [0.3, 0.4) is 0 Å². The van der Waals surface area contributed by atoms with Gasteiger partial charge < -0.3 is 5.32 Å². The summed E-state index contributed by atoms with van der Waals surface area (Å²) in [5, 5.41) is 3.08. The zero-order valence-electron chi connectivity index (χ0n) is 11.2. The lowest BCUT2D eigenvalue weighted by Gasteiger charge is -2.25. The molecule has 0 heterocycles. The van der Waals surface area contributed by atoms with Crippen LogP contribution in [0.15, 0.2) is 30.3 Å². The van der Waals surface area contributed by atoms with Gasteiger partial charge >= 0.3 is 0 Å². The van der Waals surface area contributed by atoms with Crippen molar-refractivity contribution in [2.75, 3.05) is 6.54 Å². The Morgan fingerprint density at radius 3 is 2.50 bits per heavy atom. The second-order valence-corrected chi connectivity index (χ2v) is 5.48. The van der Waals surface area contributed by atoms with Crippen LogP contribution in [-0.4, -0.2) is 12.5 Å². The highest BCUT2D eigenvalue weighted by Crippen LogP contribution is 2.28. The van der Waals surface area contributed by atoms with Gasteiger partial charge in [-0.1, -0.05) is 37.3 Å². The van der Waals surface area contributed by atoms with E-state index in [9.17, 15) is 4.79 Å². The Hall–Kier alpha value is -1.31. The van der Waals surface area contributed by atoms with Crippen LogP contribution in [0.5, 0.6) is 0 Å². The highest BCUT2D eigenvalue weighted by atomic mass is 16.1. The third kappa shape index (κ3) is 3.86. The van der Waals surface area contributed by atoms with Crippen LogP contribution in [0.2, 0.25) is 0 Å². The van der Waals surface area contributed by atoms with Gasteiger partial charge in [0.05, 0.1) is 0 Å². The Labute approximate surface area is 110 Å². The van der Waals surface area contributed by atoms with Gasteiger partial charge in [-0.25, -0.2) is 0 Å². The molecule has 1 aromatic rings. The van der Waals surface area contributed by atoms with Gasteiger partial charge in [0.25, 0.3) is 0 Å². The molecule has 2 rings (SSSR count). The van der Waals surface area contributed by atoms with Crippen molar-refractivity contribution in [1.82, 2.24) is 5.32 Å². The first kappa shape index (κ1) is 13.1. The van der Waals surface area contributed by atoms with Crippen molar-refractivity contribution in [3.05, 3.63) is 35.9 Å². The maximum absolute atomic E-state index is 12.0. The summed E-state index contributed by atoms with van der Waals surface area (Å²) in [6.45, 7) is 3.04. The van der Waals surface area contributed by atoms with Crippen LogP contribution in [0.25, 0.3) is 0 Å². The van der Waals surface area contributed by atoms with Gasteiger partial charge in [0, 0.05) is 12.5 Å². The molecule has 2 heteroatoms. The Morgan fingerprint density at radius 2 is 1.83 bits per heavy atom. The van der Waals surface area contributed by atoms with Gasteiger partial charge in [-0.2, -0.15) is 0 Å². The minimum atomic E-state index is 0.261. The van der Waals surface area contributed by atoms with Crippen molar-refractivity contribution in [2.24, 2.45) is 11.8 Å². The van der Waals surface area contributed by atoms with Crippen molar-refractivity contribution >= 4 is 5.91 Å². The Balaban J connectivity index is 1.69. The monoisotopic (exact) mass is 245 g/mol. The molecule has 1 aliphatic rings. The van der Waals surface area contributed by atoms with E-state index < -0.39 is 0 Å². The summed E-state index contributed by atoms with van der Waals surface area (Å²) in [5.41, 5.74) is 1.29. The molecular formula is C16H23NO. The van der Waals surface area contributed by atoms with Crippen LogP contribution in [0.1, 0.15) is 38.2 Å². The molecule has 1 N–H and O–H groups in total. The van der Waals surface area contributed by atoms with E-state index in [4.69, 9.17) is 0 Å².